The molecule has 19 heavy (non-hydrogen) atoms. The molecule has 1 heterocycles. The van der Waals surface area contributed by atoms with Gasteiger partial charge < -0.3 is 14.7 Å². The molecular formula is C13H18N2O4. The van der Waals surface area contributed by atoms with Crippen molar-refractivity contribution in [3.05, 3.63) is 24.0 Å². The molecule has 0 aliphatic rings. The number of nitrogens with zero attached hydrogens (tertiary/aromatic N) is 2. The molecule has 0 unspecified atom stereocenters. The van der Waals surface area contributed by atoms with Crippen molar-refractivity contribution in [1.29, 1.82) is 0 Å². The summed E-state index contributed by atoms with van der Waals surface area (Å²) in [5.41, 5.74) is 0.248. The van der Waals surface area contributed by atoms with Gasteiger partial charge in [-0.15, -0.1) is 0 Å². The number of esters is 1. The first-order valence-electron chi connectivity index (χ1n) is 6.17. The monoisotopic (exact) mass is 266 g/mol. The molecule has 0 saturated carbocycles. The van der Waals surface area contributed by atoms with Crippen LogP contribution in [0.4, 0.5) is 0 Å². The molecule has 0 atom stereocenters. The van der Waals surface area contributed by atoms with Crippen LogP contribution in [0.2, 0.25) is 0 Å². The molecule has 1 amide bonds. The number of pyridine rings is 1. The topological polar surface area (TPSA) is 79.7 Å². The van der Waals surface area contributed by atoms with Crippen LogP contribution in [0.1, 0.15) is 30.6 Å². The summed E-state index contributed by atoms with van der Waals surface area (Å²) in [6.07, 6.45) is 3.32. The van der Waals surface area contributed by atoms with E-state index in [1.54, 1.807) is 6.92 Å². The van der Waals surface area contributed by atoms with Crippen molar-refractivity contribution in [2.75, 3.05) is 19.7 Å². The summed E-state index contributed by atoms with van der Waals surface area (Å²) in [6.45, 7) is 4.24. The van der Waals surface area contributed by atoms with Gasteiger partial charge in [-0.1, -0.05) is 6.92 Å². The lowest BCUT2D eigenvalue weighted by Crippen LogP contribution is -2.37. The van der Waals surface area contributed by atoms with Crippen LogP contribution in [0, 0.1) is 0 Å². The highest BCUT2D eigenvalue weighted by molar-refractivity contribution is 5.96. The Labute approximate surface area is 112 Å². The second-order valence-corrected chi connectivity index (χ2v) is 3.96. The highest BCUT2D eigenvalue weighted by Crippen LogP contribution is 2.11. The van der Waals surface area contributed by atoms with Crippen LogP contribution in [0.5, 0.6) is 5.75 Å². The Morgan fingerprint density at radius 1 is 1.37 bits per heavy atom. The molecule has 1 aromatic rings. The Kier molecular flexibility index (Phi) is 5.78. The van der Waals surface area contributed by atoms with E-state index in [0.717, 1.165) is 6.42 Å². The molecule has 0 bridgehead atoms. The molecule has 0 aliphatic heterocycles. The van der Waals surface area contributed by atoms with Gasteiger partial charge in [0.1, 0.15) is 12.3 Å². The zero-order valence-electron chi connectivity index (χ0n) is 11.1. The van der Waals surface area contributed by atoms with Crippen molar-refractivity contribution in [1.82, 2.24) is 9.88 Å². The van der Waals surface area contributed by atoms with E-state index in [4.69, 9.17) is 4.74 Å². The number of rotatable bonds is 6. The van der Waals surface area contributed by atoms with E-state index in [-0.39, 0.29) is 30.4 Å². The van der Waals surface area contributed by atoms with Crippen molar-refractivity contribution < 1.29 is 19.4 Å². The van der Waals surface area contributed by atoms with Crippen molar-refractivity contribution in [2.45, 2.75) is 20.3 Å². The van der Waals surface area contributed by atoms with E-state index in [2.05, 4.69) is 4.98 Å². The molecule has 6 heteroatoms. The minimum Gasteiger partial charge on any atom is -0.506 e. The maximum Gasteiger partial charge on any atom is 0.325 e. The van der Waals surface area contributed by atoms with Gasteiger partial charge in [0, 0.05) is 12.7 Å². The number of aromatic nitrogens is 1. The predicted octanol–water partition coefficient (Wildman–Crippen LogP) is 1.20. The third kappa shape index (κ3) is 4.57. The van der Waals surface area contributed by atoms with E-state index >= 15 is 0 Å². The number of carbonyl (C=O) groups is 2. The Bertz CT molecular complexity index is 448. The zero-order chi connectivity index (χ0) is 14.3. The molecular weight excluding hydrogens is 248 g/mol. The third-order valence-corrected chi connectivity index (χ3v) is 2.38. The Balaban J connectivity index is 2.80. The van der Waals surface area contributed by atoms with Gasteiger partial charge in [0.05, 0.1) is 18.4 Å². The normalized spacial score (nSPS) is 10.0. The second kappa shape index (κ2) is 7.35. The van der Waals surface area contributed by atoms with Crippen LogP contribution in [0.15, 0.2) is 18.5 Å². The lowest BCUT2D eigenvalue weighted by molar-refractivity contribution is -0.143. The number of aromatic hydroxyl groups is 1. The van der Waals surface area contributed by atoms with E-state index in [9.17, 15) is 14.7 Å². The summed E-state index contributed by atoms with van der Waals surface area (Å²) in [4.78, 5) is 28.8. The Hall–Kier alpha value is -2.11. The van der Waals surface area contributed by atoms with Crippen LogP contribution >= 0.6 is 0 Å². The van der Waals surface area contributed by atoms with Gasteiger partial charge >= 0.3 is 5.97 Å². The molecule has 0 aliphatic carbocycles. The summed E-state index contributed by atoms with van der Waals surface area (Å²) in [5, 5.41) is 9.31. The Morgan fingerprint density at radius 2 is 2.11 bits per heavy atom. The van der Waals surface area contributed by atoms with Crippen LogP contribution in [-0.2, 0) is 9.53 Å². The highest BCUT2D eigenvalue weighted by atomic mass is 16.5. The molecule has 0 saturated heterocycles. The summed E-state index contributed by atoms with van der Waals surface area (Å²) < 4.78 is 4.83. The smallest absolute Gasteiger partial charge is 0.325 e. The van der Waals surface area contributed by atoms with Crippen molar-refractivity contribution in [2.24, 2.45) is 0 Å². The van der Waals surface area contributed by atoms with Gasteiger partial charge in [0.15, 0.2) is 0 Å². The van der Waals surface area contributed by atoms with E-state index < -0.39 is 5.97 Å². The van der Waals surface area contributed by atoms with E-state index in [0.29, 0.717) is 6.54 Å². The van der Waals surface area contributed by atoms with Gasteiger partial charge in [0.25, 0.3) is 5.91 Å². The average molecular weight is 266 g/mol. The Morgan fingerprint density at radius 3 is 2.68 bits per heavy atom. The van der Waals surface area contributed by atoms with Crippen molar-refractivity contribution >= 4 is 11.9 Å². The quantitative estimate of drug-likeness (QED) is 0.783. The van der Waals surface area contributed by atoms with Crippen LogP contribution < -0.4 is 0 Å². The minimum atomic E-state index is -0.447. The number of carbonyl (C=O) groups excluding carboxylic acids is 2. The van der Waals surface area contributed by atoms with Gasteiger partial charge in [-0.05, 0) is 19.4 Å². The first-order chi connectivity index (χ1) is 9.08. The molecule has 1 N–H and O–H groups in total. The number of hydrogen-bond donors (Lipinski definition) is 1. The zero-order valence-corrected chi connectivity index (χ0v) is 11.1. The minimum absolute atomic E-state index is 0.0848. The van der Waals surface area contributed by atoms with E-state index in [1.807, 2.05) is 6.92 Å². The lowest BCUT2D eigenvalue weighted by Gasteiger charge is -2.20. The maximum atomic E-state index is 12.2. The van der Waals surface area contributed by atoms with Crippen LogP contribution in [0.3, 0.4) is 0 Å². The molecule has 0 spiro atoms. The summed E-state index contributed by atoms with van der Waals surface area (Å²) >= 11 is 0. The molecule has 6 nitrogen and oxygen atoms in total. The molecule has 1 rings (SSSR count). The van der Waals surface area contributed by atoms with Crippen LogP contribution in [-0.4, -0.2) is 46.6 Å². The summed E-state index contributed by atoms with van der Waals surface area (Å²) in [5.74, 6) is -0.880. The van der Waals surface area contributed by atoms with Gasteiger partial charge in [-0.25, -0.2) is 0 Å². The predicted molar refractivity (Wildman–Crippen MR) is 68.7 cm³/mol. The summed E-state index contributed by atoms with van der Waals surface area (Å²) in [6, 6.07) is 1.32. The first-order valence-corrected chi connectivity index (χ1v) is 6.17. The molecule has 104 valence electrons. The fraction of sp³-hybridized carbons (Fsp3) is 0.462. The SMILES string of the molecule is CCCN(CC(=O)OCC)C(=O)c1cncc(O)c1. The standard InChI is InChI=1S/C13H18N2O4/c1-3-5-15(9-12(17)19-4-2)13(18)10-6-11(16)8-14-7-10/h6-8,16H,3-5,9H2,1-2H3. The summed E-state index contributed by atoms with van der Waals surface area (Å²) in [7, 11) is 0. The third-order valence-electron chi connectivity index (χ3n) is 2.38. The molecule has 0 aromatic carbocycles. The number of hydrogen-bond acceptors (Lipinski definition) is 5. The number of amides is 1. The highest BCUT2D eigenvalue weighted by Gasteiger charge is 2.19. The van der Waals surface area contributed by atoms with Gasteiger partial charge in [0.2, 0.25) is 0 Å². The van der Waals surface area contributed by atoms with Crippen LogP contribution in [0.25, 0.3) is 0 Å². The fourth-order valence-corrected chi connectivity index (χ4v) is 1.61. The van der Waals surface area contributed by atoms with Gasteiger partial charge in [-0.2, -0.15) is 0 Å². The lowest BCUT2D eigenvalue weighted by atomic mass is 10.2. The van der Waals surface area contributed by atoms with Crippen molar-refractivity contribution in [3.8, 4) is 5.75 Å². The maximum absolute atomic E-state index is 12.2. The average Bonchev–Trinajstić information content (AvgIpc) is 2.37. The van der Waals surface area contributed by atoms with E-state index in [1.165, 1.54) is 23.4 Å². The fourth-order valence-electron chi connectivity index (χ4n) is 1.61. The second-order valence-electron chi connectivity index (χ2n) is 3.96. The molecule has 1 aromatic heterocycles. The number of ether oxygens (including phenoxy) is 1. The molecule has 0 radical (unpaired) electrons. The van der Waals surface area contributed by atoms with Gasteiger partial charge in [-0.3, -0.25) is 14.6 Å². The largest absolute Gasteiger partial charge is 0.506 e. The molecule has 0 fully saturated rings. The first kappa shape index (κ1) is 14.9. The van der Waals surface area contributed by atoms with Crippen molar-refractivity contribution in [3.63, 3.8) is 0 Å².